The van der Waals surface area contributed by atoms with Gasteiger partial charge in [-0.3, -0.25) is 4.79 Å². The van der Waals surface area contributed by atoms with Crippen molar-refractivity contribution in [2.24, 2.45) is 0 Å². The molecular weight excluding hydrogens is 366 g/mol. The Labute approximate surface area is 173 Å². The highest BCUT2D eigenvalue weighted by Gasteiger charge is 2.40. The minimum atomic E-state index is -0.469. The second-order valence-electron chi connectivity index (χ2n) is 7.96. The zero-order chi connectivity index (χ0) is 21.0. The van der Waals surface area contributed by atoms with Crippen molar-refractivity contribution in [3.05, 3.63) is 52.4 Å². The molecule has 1 aliphatic carbocycles. The average molecular weight is 398 g/mol. The van der Waals surface area contributed by atoms with Crippen molar-refractivity contribution in [1.29, 1.82) is 0 Å². The van der Waals surface area contributed by atoms with Crippen molar-refractivity contribution in [3.63, 3.8) is 0 Å². The number of esters is 1. The van der Waals surface area contributed by atoms with Crippen molar-refractivity contribution in [3.8, 4) is 5.75 Å². The fourth-order valence-corrected chi connectivity index (χ4v) is 4.02. The maximum absolute atomic E-state index is 13.1. The Morgan fingerprint density at radius 2 is 2.00 bits per heavy atom. The predicted octanol–water partition coefficient (Wildman–Crippen LogP) is 4.79. The first-order valence-electron chi connectivity index (χ1n) is 10.6. The van der Waals surface area contributed by atoms with E-state index in [0.29, 0.717) is 24.2 Å². The SMILES string of the molecule is CCCCOc1ccccc1C1C(C(=O)OC(C)C)=C(C)NC2=C1C(=O)CCC2. The number of nitrogens with one attached hydrogen (secondary N) is 1. The number of carbonyl (C=O) groups is 2. The van der Waals surface area contributed by atoms with Crippen LogP contribution in [0.15, 0.2) is 46.8 Å². The molecule has 3 rings (SSSR count). The molecule has 0 saturated carbocycles. The van der Waals surface area contributed by atoms with Crippen LogP contribution in [0.2, 0.25) is 0 Å². The van der Waals surface area contributed by atoms with E-state index in [2.05, 4.69) is 12.2 Å². The van der Waals surface area contributed by atoms with Crippen LogP contribution in [0.25, 0.3) is 0 Å². The summed E-state index contributed by atoms with van der Waals surface area (Å²) in [4.78, 5) is 26.0. The monoisotopic (exact) mass is 397 g/mol. The van der Waals surface area contributed by atoms with Crippen molar-refractivity contribution in [1.82, 2.24) is 5.32 Å². The van der Waals surface area contributed by atoms with Gasteiger partial charge in [-0.1, -0.05) is 31.5 Å². The third-order valence-corrected chi connectivity index (χ3v) is 5.32. The summed E-state index contributed by atoms with van der Waals surface area (Å²) < 4.78 is 11.6. The molecule has 29 heavy (non-hydrogen) atoms. The van der Waals surface area contributed by atoms with Crippen LogP contribution < -0.4 is 10.1 Å². The minimum absolute atomic E-state index is 0.0921. The Balaban J connectivity index is 2.11. The van der Waals surface area contributed by atoms with Crippen molar-refractivity contribution in [2.45, 2.75) is 71.8 Å². The molecule has 1 atom stereocenters. The molecule has 0 bridgehead atoms. The van der Waals surface area contributed by atoms with Gasteiger partial charge in [-0.15, -0.1) is 0 Å². The maximum atomic E-state index is 13.1. The summed E-state index contributed by atoms with van der Waals surface area (Å²) in [6.07, 6.45) is 3.88. The van der Waals surface area contributed by atoms with Gasteiger partial charge in [0.25, 0.3) is 0 Å². The van der Waals surface area contributed by atoms with E-state index in [1.54, 1.807) is 0 Å². The van der Waals surface area contributed by atoms with Crippen LogP contribution >= 0.6 is 0 Å². The summed E-state index contributed by atoms with van der Waals surface area (Å²) in [6.45, 7) is 8.26. The number of allylic oxidation sites excluding steroid dienone is 3. The number of hydrogen-bond acceptors (Lipinski definition) is 5. The molecule has 0 saturated heterocycles. The summed E-state index contributed by atoms with van der Waals surface area (Å²) in [5.41, 5.74) is 3.71. The smallest absolute Gasteiger partial charge is 0.337 e. The lowest BCUT2D eigenvalue weighted by Crippen LogP contribution is -2.35. The van der Waals surface area contributed by atoms with E-state index in [1.165, 1.54) is 0 Å². The lowest BCUT2D eigenvalue weighted by molar-refractivity contribution is -0.143. The molecular formula is C24H31NO4. The summed E-state index contributed by atoms with van der Waals surface area (Å²) in [5.74, 6) is -0.0402. The van der Waals surface area contributed by atoms with E-state index in [1.807, 2.05) is 45.0 Å². The molecule has 0 spiro atoms. The summed E-state index contributed by atoms with van der Waals surface area (Å²) >= 11 is 0. The van der Waals surface area contributed by atoms with Crippen LogP contribution in [-0.2, 0) is 14.3 Å². The first-order valence-corrected chi connectivity index (χ1v) is 10.6. The van der Waals surface area contributed by atoms with Gasteiger partial charge < -0.3 is 14.8 Å². The number of ketones is 1. The molecule has 1 N–H and O–H groups in total. The van der Waals surface area contributed by atoms with Crippen LogP contribution in [0.4, 0.5) is 0 Å². The first-order chi connectivity index (χ1) is 13.9. The molecule has 1 aromatic carbocycles. The fourth-order valence-electron chi connectivity index (χ4n) is 4.02. The van der Waals surface area contributed by atoms with Gasteiger partial charge in [0, 0.05) is 29.0 Å². The van der Waals surface area contributed by atoms with Gasteiger partial charge in [-0.2, -0.15) is 0 Å². The van der Waals surface area contributed by atoms with E-state index in [-0.39, 0.29) is 17.9 Å². The number of Topliss-reactive ketones (excluding diaryl/α,β-unsaturated/α-hetero) is 1. The molecule has 5 nitrogen and oxygen atoms in total. The maximum Gasteiger partial charge on any atom is 0.337 e. The molecule has 1 heterocycles. The van der Waals surface area contributed by atoms with Crippen LogP contribution in [0.1, 0.15) is 71.3 Å². The second-order valence-corrected chi connectivity index (χ2v) is 7.96. The Hall–Kier alpha value is -2.56. The average Bonchev–Trinajstić information content (AvgIpc) is 2.67. The molecule has 1 aliphatic heterocycles. The summed E-state index contributed by atoms with van der Waals surface area (Å²) in [5, 5.41) is 3.32. The van der Waals surface area contributed by atoms with Gasteiger partial charge in [-0.25, -0.2) is 4.79 Å². The molecule has 0 fully saturated rings. The number of para-hydroxylation sites is 1. The number of unbranched alkanes of at least 4 members (excludes halogenated alkanes) is 1. The van der Waals surface area contributed by atoms with Gasteiger partial charge in [0.2, 0.25) is 0 Å². The second kappa shape index (κ2) is 9.29. The number of rotatable bonds is 7. The number of dihydropyridines is 1. The predicted molar refractivity (Wildman–Crippen MR) is 113 cm³/mol. The van der Waals surface area contributed by atoms with Gasteiger partial charge >= 0.3 is 5.97 Å². The van der Waals surface area contributed by atoms with Gasteiger partial charge in [0.1, 0.15) is 5.75 Å². The molecule has 0 amide bonds. The number of hydrogen-bond donors (Lipinski definition) is 1. The third-order valence-electron chi connectivity index (χ3n) is 5.32. The highest BCUT2D eigenvalue weighted by atomic mass is 16.5. The number of benzene rings is 1. The zero-order valence-corrected chi connectivity index (χ0v) is 17.8. The van der Waals surface area contributed by atoms with Crippen LogP contribution in [-0.4, -0.2) is 24.5 Å². The van der Waals surface area contributed by atoms with Crippen LogP contribution in [0, 0.1) is 0 Å². The van der Waals surface area contributed by atoms with E-state index in [4.69, 9.17) is 9.47 Å². The zero-order valence-electron chi connectivity index (χ0n) is 17.8. The summed E-state index contributed by atoms with van der Waals surface area (Å²) in [6, 6.07) is 7.73. The van der Waals surface area contributed by atoms with Crippen LogP contribution in [0.3, 0.4) is 0 Å². The third kappa shape index (κ3) is 4.55. The molecule has 1 unspecified atom stereocenters. The highest BCUT2D eigenvalue weighted by Crippen LogP contribution is 2.45. The van der Waals surface area contributed by atoms with Crippen molar-refractivity contribution < 1.29 is 19.1 Å². The molecule has 0 aromatic heterocycles. The first kappa shape index (κ1) is 21.2. The quantitative estimate of drug-likeness (QED) is 0.530. The highest BCUT2D eigenvalue weighted by molar-refractivity contribution is 6.04. The van der Waals surface area contributed by atoms with Gasteiger partial charge in [0.15, 0.2) is 5.78 Å². The fraction of sp³-hybridized carbons (Fsp3) is 0.500. The normalized spacial score (nSPS) is 19.2. The molecule has 156 valence electrons. The molecule has 5 heteroatoms. The minimum Gasteiger partial charge on any atom is -0.493 e. The lowest BCUT2D eigenvalue weighted by atomic mass is 9.75. The topological polar surface area (TPSA) is 64.6 Å². The lowest BCUT2D eigenvalue weighted by Gasteiger charge is -2.35. The van der Waals surface area contributed by atoms with E-state index >= 15 is 0 Å². The number of ether oxygens (including phenoxy) is 2. The molecule has 2 aliphatic rings. The Bertz CT molecular complexity index is 850. The Morgan fingerprint density at radius 3 is 2.72 bits per heavy atom. The van der Waals surface area contributed by atoms with E-state index < -0.39 is 5.92 Å². The van der Waals surface area contributed by atoms with E-state index in [0.717, 1.165) is 48.4 Å². The molecule has 0 radical (unpaired) electrons. The Kier molecular flexibility index (Phi) is 6.78. The van der Waals surface area contributed by atoms with Gasteiger partial charge in [-0.05, 0) is 46.1 Å². The van der Waals surface area contributed by atoms with Crippen LogP contribution in [0.5, 0.6) is 5.75 Å². The van der Waals surface area contributed by atoms with Gasteiger partial charge in [0.05, 0.1) is 24.2 Å². The van der Waals surface area contributed by atoms with Crippen molar-refractivity contribution in [2.75, 3.05) is 6.61 Å². The largest absolute Gasteiger partial charge is 0.493 e. The Morgan fingerprint density at radius 1 is 1.24 bits per heavy atom. The standard InChI is InChI=1S/C24H31NO4/c1-5-6-14-28-20-13-8-7-10-17(20)22-21(24(27)29-15(2)3)16(4)25-18-11-9-12-19(26)23(18)22/h7-8,10,13,15,22,25H,5-6,9,11-12,14H2,1-4H3. The molecule has 1 aromatic rings. The van der Waals surface area contributed by atoms with Crippen molar-refractivity contribution >= 4 is 11.8 Å². The van der Waals surface area contributed by atoms with E-state index in [9.17, 15) is 9.59 Å². The summed E-state index contributed by atoms with van der Waals surface area (Å²) in [7, 11) is 0. The number of carbonyl (C=O) groups excluding carboxylic acids is 2.